The van der Waals surface area contributed by atoms with Crippen LogP contribution in [0.3, 0.4) is 0 Å². The van der Waals surface area contributed by atoms with E-state index in [2.05, 4.69) is 5.32 Å². The Labute approximate surface area is 172 Å². The molecule has 1 atom stereocenters. The summed E-state index contributed by atoms with van der Waals surface area (Å²) in [6.45, 7) is 5.46. The summed E-state index contributed by atoms with van der Waals surface area (Å²) >= 11 is 0. The summed E-state index contributed by atoms with van der Waals surface area (Å²) in [7, 11) is 0. The zero-order valence-corrected chi connectivity index (χ0v) is 16.8. The average Bonchev–Trinajstić information content (AvgIpc) is 2.93. The molecule has 0 fully saturated rings. The molecule has 3 amide bonds. The Morgan fingerprint density at radius 1 is 1.00 bits per heavy atom. The summed E-state index contributed by atoms with van der Waals surface area (Å²) in [4.78, 5) is 50.7. The van der Waals surface area contributed by atoms with Crippen LogP contribution in [0, 0.1) is 11.7 Å². The molecule has 7 nitrogen and oxygen atoms in total. The SMILES string of the molecule is CC(C)CN1C(=O)c2ccc(C(=O)O[C@H](C)C(=O)Nc3ccc(F)cc3)cc2C1=O. The molecular formula is C22H21FN2O5. The van der Waals surface area contributed by atoms with Crippen molar-refractivity contribution >= 4 is 29.4 Å². The van der Waals surface area contributed by atoms with Gasteiger partial charge < -0.3 is 10.1 Å². The molecule has 0 saturated carbocycles. The highest BCUT2D eigenvalue weighted by molar-refractivity contribution is 6.22. The second-order valence-electron chi connectivity index (χ2n) is 7.42. The first-order valence-electron chi connectivity index (χ1n) is 9.45. The van der Waals surface area contributed by atoms with Gasteiger partial charge in [0.05, 0.1) is 16.7 Å². The maximum atomic E-state index is 12.9. The van der Waals surface area contributed by atoms with Gasteiger partial charge in [-0.2, -0.15) is 0 Å². The third-order valence-corrected chi connectivity index (χ3v) is 4.52. The molecule has 3 rings (SSSR count). The quantitative estimate of drug-likeness (QED) is 0.581. The van der Waals surface area contributed by atoms with Crippen molar-refractivity contribution in [3.8, 4) is 0 Å². The van der Waals surface area contributed by atoms with Crippen molar-refractivity contribution in [2.75, 3.05) is 11.9 Å². The number of amides is 3. The number of nitrogens with zero attached hydrogens (tertiary/aromatic N) is 1. The van der Waals surface area contributed by atoms with Crippen molar-refractivity contribution < 1.29 is 28.3 Å². The number of fused-ring (bicyclic) bond motifs is 1. The molecule has 1 aliphatic heterocycles. The van der Waals surface area contributed by atoms with Crippen LogP contribution in [0.2, 0.25) is 0 Å². The number of anilines is 1. The summed E-state index contributed by atoms with van der Waals surface area (Å²) in [6, 6.07) is 9.26. The zero-order chi connectivity index (χ0) is 22.0. The fourth-order valence-corrected chi connectivity index (χ4v) is 3.01. The van der Waals surface area contributed by atoms with Gasteiger partial charge in [-0.15, -0.1) is 0 Å². The normalized spacial score (nSPS) is 14.0. The number of carbonyl (C=O) groups is 4. The first-order chi connectivity index (χ1) is 14.2. The fraction of sp³-hybridized carbons (Fsp3) is 0.273. The largest absolute Gasteiger partial charge is 0.449 e. The molecule has 0 aliphatic carbocycles. The third kappa shape index (κ3) is 4.37. The van der Waals surface area contributed by atoms with E-state index in [1.54, 1.807) is 0 Å². The smallest absolute Gasteiger partial charge is 0.338 e. The average molecular weight is 412 g/mol. The molecule has 2 aromatic rings. The maximum absolute atomic E-state index is 12.9. The predicted octanol–water partition coefficient (Wildman–Crippen LogP) is 3.26. The summed E-state index contributed by atoms with van der Waals surface area (Å²) in [6.07, 6.45) is -1.13. The topological polar surface area (TPSA) is 92.8 Å². The van der Waals surface area contributed by atoms with E-state index >= 15 is 0 Å². The van der Waals surface area contributed by atoms with Gasteiger partial charge in [0.2, 0.25) is 0 Å². The lowest BCUT2D eigenvalue weighted by atomic mass is 10.1. The van der Waals surface area contributed by atoms with Gasteiger partial charge in [-0.1, -0.05) is 13.8 Å². The first-order valence-corrected chi connectivity index (χ1v) is 9.45. The second-order valence-corrected chi connectivity index (χ2v) is 7.42. The molecule has 30 heavy (non-hydrogen) atoms. The second kappa shape index (κ2) is 8.44. The molecule has 0 bridgehead atoms. The van der Waals surface area contributed by atoms with Crippen LogP contribution in [-0.4, -0.2) is 41.2 Å². The van der Waals surface area contributed by atoms with Gasteiger partial charge in [-0.3, -0.25) is 19.3 Å². The molecule has 1 N–H and O–H groups in total. The highest BCUT2D eigenvalue weighted by Gasteiger charge is 2.36. The van der Waals surface area contributed by atoms with Gasteiger partial charge in [-0.05, 0) is 55.3 Å². The Kier molecular flexibility index (Phi) is 5.96. The minimum atomic E-state index is -1.13. The van der Waals surface area contributed by atoms with Crippen LogP contribution in [0.5, 0.6) is 0 Å². The summed E-state index contributed by atoms with van der Waals surface area (Å²) in [5.41, 5.74) is 0.789. The highest BCUT2D eigenvalue weighted by Crippen LogP contribution is 2.25. The van der Waals surface area contributed by atoms with E-state index in [9.17, 15) is 23.6 Å². The molecule has 2 aromatic carbocycles. The standard InChI is InChI=1S/C22H21FN2O5/c1-12(2)11-25-20(27)17-9-4-14(10-18(17)21(25)28)22(29)30-13(3)19(26)24-16-7-5-15(23)6-8-16/h4-10,12-13H,11H2,1-3H3,(H,24,26)/t13-/m1/s1. The number of benzene rings is 2. The van der Waals surface area contributed by atoms with E-state index < -0.39 is 35.6 Å². The van der Waals surface area contributed by atoms with Gasteiger partial charge in [0.25, 0.3) is 17.7 Å². The van der Waals surface area contributed by atoms with Gasteiger partial charge in [0.15, 0.2) is 6.10 Å². The Hall–Kier alpha value is -3.55. The Bertz CT molecular complexity index is 1020. The van der Waals surface area contributed by atoms with E-state index in [4.69, 9.17) is 4.74 Å². The number of ether oxygens (including phenoxy) is 1. The van der Waals surface area contributed by atoms with Crippen LogP contribution in [0.25, 0.3) is 0 Å². The van der Waals surface area contributed by atoms with E-state index in [1.807, 2.05) is 13.8 Å². The fourth-order valence-electron chi connectivity index (χ4n) is 3.01. The summed E-state index contributed by atoms with van der Waals surface area (Å²) in [5, 5.41) is 2.52. The lowest BCUT2D eigenvalue weighted by molar-refractivity contribution is -0.123. The molecule has 156 valence electrons. The van der Waals surface area contributed by atoms with Gasteiger partial charge in [-0.25, -0.2) is 9.18 Å². The van der Waals surface area contributed by atoms with Crippen LogP contribution in [-0.2, 0) is 9.53 Å². The predicted molar refractivity (Wildman–Crippen MR) is 107 cm³/mol. The number of esters is 1. The van der Waals surface area contributed by atoms with Crippen molar-refractivity contribution in [1.29, 1.82) is 0 Å². The van der Waals surface area contributed by atoms with Crippen molar-refractivity contribution in [1.82, 2.24) is 4.90 Å². The van der Waals surface area contributed by atoms with Crippen molar-refractivity contribution in [3.63, 3.8) is 0 Å². The van der Waals surface area contributed by atoms with E-state index in [1.165, 1.54) is 49.4 Å². The van der Waals surface area contributed by atoms with Crippen LogP contribution in [0.4, 0.5) is 10.1 Å². The van der Waals surface area contributed by atoms with Gasteiger partial charge in [0.1, 0.15) is 5.82 Å². The van der Waals surface area contributed by atoms with E-state index in [0.717, 1.165) is 4.90 Å². The van der Waals surface area contributed by atoms with Crippen LogP contribution >= 0.6 is 0 Å². The van der Waals surface area contributed by atoms with E-state index in [-0.39, 0.29) is 29.2 Å². The molecular weight excluding hydrogens is 391 g/mol. The number of carbonyl (C=O) groups excluding carboxylic acids is 4. The number of nitrogens with one attached hydrogen (secondary N) is 1. The highest BCUT2D eigenvalue weighted by atomic mass is 19.1. The number of hydrogen-bond donors (Lipinski definition) is 1. The summed E-state index contributed by atoms with van der Waals surface area (Å²) < 4.78 is 18.1. The number of hydrogen-bond acceptors (Lipinski definition) is 5. The molecule has 0 aromatic heterocycles. The number of rotatable bonds is 6. The van der Waals surface area contributed by atoms with Crippen LogP contribution in [0.15, 0.2) is 42.5 Å². The minimum Gasteiger partial charge on any atom is -0.449 e. The Morgan fingerprint density at radius 2 is 1.63 bits per heavy atom. The zero-order valence-electron chi connectivity index (χ0n) is 16.8. The first kappa shape index (κ1) is 21.2. The maximum Gasteiger partial charge on any atom is 0.338 e. The van der Waals surface area contributed by atoms with Gasteiger partial charge in [0, 0.05) is 12.2 Å². The Balaban J connectivity index is 1.69. The summed E-state index contributed by atoms with van der Waals surface area (Å²) in [5.74, 6) is -2.58. The molecule has 1 heterocycles. The van der Waals surface area contributed by atoms with Gasteiger partial charge >= 0.3 is 5.97 Å². The van der Waals surface area contributed by atoms with Crippen molar-refractivity contribution in [2.24, 2.45) is 5.92 Å². The monoisotopic (exact) mass is 412 g/mol. The number of halogens is 1. The molecule has 0 radical (unpaired) electrons. The van der Waals surface area contributed by atoms with Crippen LogP contribution < -0.4 is 5.32 Å². The molecule has 0 saturated heterocycles. The molecule has 8 heteroatoms. The number of imide groups is 1. The molecule has 1 aliphatic rings. The third-order valence-electron chi connectivity index (χ3n) is 4.52. The van der Waals surface area contributed by atoms with Crippen molar-refractivity contribution in [3.05, 3.63) is 65.0 Å². The van der Waals surface area contributed by atoms with Crippen molar-refractivity contribution in [2.45, 2.75) is 26.9 Å². The van der Waals surface area contributed by atoms with E-state index in [0.29, 0.717) is 5.69 Å². The molecule has 0 unspecified atom stereocenters. The lowest BCUT2D eigenvalue weighted by Gasteiger charge is -2.15. The molecule has 0 spiro atoms. The Morgan fingerprint density at radius 3 is 2.27 bits per heavy atom. The lowest BCUT2D eigenvalue weighted by Crippen LogP contribution is -2.33. The minimum absolute atomic E-state index is 0.0581. The van der Waals surface area contributed by atoms with Crippen LogP contribution in [0.1, 0.15) is 51.8 Å².